The Bertz CT molecular complexity index is 788. The van der Waals surface area contributed by atoms with Gasteiger partial charge in [0.05, 0.1) is 5.69 Å². The molecule has 138 valence electrons. The van der Waals surface area contributed by atoms with Crippen LogP contribution in [0.3, 0.4) is 0 Å². The summed E-state index contributed by atoms with van der Waals surface area (Å²) < 4.78 is 0. The van der Waals surface area contributed by atoms with Crippen LogP contribution in [0.15, 0.2) is 23.6 Å². The van der Waals surface area contributed by atoms with Gasteiger partial charge in [0, 0.05) is 38.1 Å². The lowest BCUT2D eigenvalue weighted by Gasteiger charge is -2.22. The zero-order chi connectivity index (χ0) is 17.9. The Balaban J connectivity index is 1.31. The minimum absolute atomic E-state index is 0.0441. The molecular weight excluding hydrogens is 344 g/mol. The van der Waals surface area contributed by atoms with Crippen LogP contribution >= 0.6 is 11.3 Å². The third kappa shape index (κ3) is 3.85. The fraction of sp³-hybridized carbons (Fsp3) is 0.500. The summed E-state index contributed by atoms with van der Waals surface area (Å²) in [7, 11) is 0. The van der Waals surface area contributed by atoms with E-state index in [4.69, 9.17) is 0 Å². The highest BCUT2D eigenvalue weighted by molar-refractivity contribution is 7.13. The SMILES string of the molecule is Cc1csc(N2CCCN(C(=O)NCc3ccc4c(c3)CCC4)CC2)n1. The summed E-state index contributed by atoms with van der Waals surface area (Å²) in [6.45, 7) is 5.99. The van der Waals surface area contributed by atoms with Gasteiger partial charge in [-0.05, 0) is 49.3 Å². The molecule has 6 heteroatoms. The summed E-state index contributed by atoms with van der Waals surface area (Å²) in [6, 6.07) is 6.68. The predicted octanol–water partition coefficient (Wildman–Crippen LogP) is 3.36. The fourth-order valence-corrected chi connectivity index (χ4v) is 4.68. The third-order valence-corrected chi connectivity index (χ3v) is 6.29. The molecule has 1 aliphatic carbocycles. The normalized spacial score (nSPS) is 17.1. The standard InChI is InChI=1S/C20H26N4OS/c1-15-14-26-20(22-15)24-9-3-8-23(10-11-24)19(25)21-13-16-6-7-17-4-2-5-18(17)12-16/h6-7,12,14H,2-5,8-11,13H2,1H3,(H,21,25). The summed E-state index contributed by atoms with van der Waals surface area (Å²) in [5.41, 5.74) is 5.21. The van der Waals surface area contributed by atoms with E-state index in [2.05, 4.69) is 38.8 Å². The number of aromatic nitrogens is 1. The molecule has 2 aromatic rings. The second-order valence-electron chi connectivity index (χ2n) is 7.21. The molecule has 1 aliphatic heterocycles. The molecule has 1 N–H and O–H groups in total. The maximum Gasteiger partial charge on any atom is 0.317 e. The van der Waals surface area contributed by atoms with E-state index in [0.717, 1.165) is 43.4 Å². The van der Waals surface area contributed by atoms with E-state index >= 15 is 0 Å². The van der Waals surface area contributed by atoms with Crippen LogP contribution in [0.2, 0.25) is 0 Å². The van der Waals surface area contributed by atoms with E-state index in [1.54, 1.807) is 11.3 Å². The molecule has 0 atom stereocenters. The number of carbonyl (C=O) groups excluding carboxylic acids is 1. The molecule has 26 heavy (non-hydrogen) atoms. The predicted molar refractivity (Wildman–Crippen MR) is 106 cm³/mol. The van der Waals surface area contributed by atoms with Crippen LogP contribution in [0.25, 0.3) is 0 Å². The van der Waals surface area contributed by atoms with Crippen molar-refractivity contribution in [2.75, 3.05) is 31.1 Å². The number of fused-ring (bicyclic) bond motifs is 1. The first-order chi connectivity index (χ1) is 12.7. The molecule has 2 heterocycles. The highest BCUT2D eigenvalue weighted by Gasteiger charge is 2.20. The summed E-state index contributed by atoms with van der Waals surface area (Å²) >= 11 is 1.69. The summed E-state index contributed by atoms with van der Waals surface area (Å²) in [6.07, 6.45) is 4.61. The van der Waals surface area contributed by atoms with E-state index in [1.807, 2.05) is 11.8 Å². The van der Waals surface area contributed by atoms with Crippen LogP contribution in [0, 0.1) is 6.92 Å². The van der Waals surface area contributed by atoms with Crippen molar-refractivity contribution in [3.05, 3.63) is 46.0 Å². The van der Waals surface area contributed by atoms with Gasteiger partial charge in [0.2, 0.25) is 0 Å². The lowest BCUT2D eigenvalue weighted by atomic mass is 10.1. The van der Waals surface area contributed by atoms with Gasteiger partial charge in [-0.25, -0.2) is 9.78 Å². The van der Waals surface area contributed by atoms with Crippen molar-refractivity contribution in [2.45, 2.75) is 39.2 Å². The molecule has 0 spiro atoms. The van der Waals surface area contributed by atoms with E-state index < -0.39 is 0 Å². The van der Waals surface area contributed by atoms with Crippen molar-refractivity contribution in [1.82, 2.24) is 15.2 Å². The number of rotatable bonds is 3. The highest BCUT2D eigenvalue weighted by Crippen LogP contribution is 2.23. The van der Waals surface area contributed by atoms with Crippen LogP contribution in [-0.4, -0.2) is 42.1 Å². The Kier molecular flexibility index (Phi) is 5.11. The minimum Gasteiger partial charge on any atom is -0.346 e. The number of urea groups is 1. The number of benzene rings is 1. The smallest absolute Gasteiger partial charge is 0.317 e. The Morgan fingerprint density at radius 2 is 2.04 bits per heavy atom. The molecule has 1 fully saturated rings. The van der Waals surface area contributed by atoms with E-state index in [-0.39, 0.29) is 6.03 Å². The highest BCUT2D eigenvalue weighted by atomic mass is 32.1. The largest absolute Gasteiger partial charge is 0.346 e. The van der Waals surface area contributed by atoms with Crippen molar-refractivity contribution in [1.29, 1.82) is 0 Å². The molecule has 0 saturated carbocycles. The number of anilines is 1. The second kappa shape index (κ2) is 7.66. The number of hydrogen-bond donors (Lipinski definition) is 1. The minimum atomic E-state index is 0.0441. The van der Waals surface area contributed by atoms with Crippen molar-refractivity contribution >= 4 is 22.5 Å². The number of amides is 2. The first kappa shape index (κ1) is 17.3. The van der Waals surface area contributed by atoms with Crippen molar-refractivity contribution < 1.29 is 4.79 Å². The topological polar surface area (TPSA) is 48.5 Å². The van der Waals surface area contributed by atoms with Gasteiger partial charge in [0.25, 0.3) is 0 Å². The maximum absolute atomic E-state index is 12.6. The first-order valence-corrected chi connectivity index (χ1v) is 10.4. The molecule has 2 amide bonds. The third-order valence-electron chi connectivity index (χ3n) is 5.27. The van der Waals surface area contributed by atoms with Crippen LogP contribution in [0.4, 0.5) is 9.93 Å². The molecule has 1 aromatic carbocycles. The van der Waals surface area contributed by atoms with Gasteiger partial charge in [-0.15, -0.1) is 11.3 Å². The summed E-state index contributed by atoms with van der Waals surface area (Å²) in [5.74, 6) is 0. The molecular formula is C20H26N4OS. The molecule has 0 unspecified atom stereocenters. The lowest BCUT2D eigenvalue weighted by molar-refractivity contribution is 0.201. The molecule has 1 saturated heterocycles. The first-order valence-electron chi connectivity index (χ1n) is 9.49. The monoisotopic (exact) mass is 370 g/mol. The number of carbonyl (C=O) groups is 1. The zero-order valence-electron chi connectivity index (χ0n) is 15.3. The Morgan fingerprint density at radius 3 is 2.88 bits per heavy atom. The maximum atomic E-state index is 12.6. The quantitative estimate of drug-likeness (QED) is 0.901. The van der Waals surface area contributed by atoms with Crippen LogP contribution in [0.1, 0.15) is 35.2 Å². The Hall–Kier alpha value is -2.08. The van der Waals surface area contributed by atoms with Gasteiger partial charge in [-0.3, -0.25) is 0 Å². The molecule has 0 bridgehead atoms. The van der Waals surface area contributed by atoms with Gasteiger partial charge in [-0.2, -0.15) is 0 Å². The average Bonchev–Trinajstić information content (AvgIpc) is 3.21. The Labute approximate surface area is 159 Å². The number of nitrogens with one attached hydrogen (secondary N) is 1. The van der Waals surface area contributed by atoms with Crippen molar-refractivity contribution in [2.24, 2.45) is 0 Å². The zero-order valence-corrected chi connectivity index (χ0v) is 16.1. The number of nitrogens with zero attached hydrogens (tertiary/aromatic N) is 3. The Morgan fingerprint density at radius 1 is 1.15 bits per heavy atom. The number of hydrogen-bond acceptors (Lipinski definition) is 4. The van der Waals surface area contributed by atoms with Crippen molar-refractivity contribution in [3.63, 3.8) is 0 Å². The lowest BCUT2D eigenvalue weighted by Crippen LogP contribution is -2.41. The van der Waals surface area contributed by atoms with Gasteiger partial charge in [-0.1, -0.05) is 18.2 Å². The van der Waals surface area contributed by atoms with Gasteiger partial charge in [0.15, 0.2) is 5.13 Å². The molecule has 0 radical (unpaired) electrons. The van der Waals surface area contributed by atoms with Crippen LogP contribution < -0.4 is 10.2 Å². The molecule has 1 aromatic heterocycles. The van der Waals surface area contributed by atoms with Gasteiger partial charge >= 0.3 is 6.03 Å². The second-order valence-corrected chi connectivity index (χ2v) is 8.05. The van der Waals surface area contributed by atoms with E-state index in [1.165, 1.54) is 36.0 Å². The van der Waals surface area contributed by atoms with Crippen molar-refractivity contribution in [3.8, 4) is 0 Å². The number of thiazole rings is 1. The van der Waals surface area contributed by atoms with E-state index in [9.17, 15) is 4.79 Å². The van der Waals surface area contributed by atoms with E-state index in [0.29, 0.717) is 6.54 Å². The van der Waals surface area contributed by atoms with Gasteiger partial charge in [0.1, 0.15) is 0 Å². The summed E-state index contributed by atoms with van der Waals surface area (Å²) in [4.78, 5) is 21.4. The van der Waals surface area contributed by atoms with Crippen LogP contribution in [0.5, 0.6) is 0 Å². The average molecular weight is 371 g/mol. The van der Waals surface area contributed by atoms with Crippen LogP contribution in [-0.2, 0) is 19.4 Å². The molecule has 5 nitrogen and oxygen atoms in total. The molecule has 2 aliphatic rings. The fourth-order valence-electron chi connectivity index (χ4n) is 3.82. The van der Waals surface area contributed by atoms with Gasteiger partial charge < -0.3 is 15.1 Å². The summed E-state index contributed by atoms with van der Waals surface area (Å²) in [5, 5.41) is 6.26. The number of aryl methyl sites for hydroxylation is 3. The molecule has 4 rings (SSSR count).